The lowest BCUT2D eigenvalue weighted by atomic mass is 9.47. The van der Waals surface area contributed by atoms with E-state index in [1.165, 1.54) is 37.3 Å². The number of aryl methyl sites for hydroxylation is 1. The van der Waals surface area contributed by atoms with Crippen LogP contribution >= 0.6 is 11.3 Å². The van der Waals surface area contributed by atoms with Gasteiger partial charge in [0.05, 0.1) is 41.7 Å². The Hall–Kier alpha value is -4.46. The van der Waals surface area contributed by atoms with Gasteiger partial charge in [0.15, 0.2) is 0 Å². The van der Waals surface area contributed by atoms with E-state index in [4.69, 9.17) is 15.6 Å². The molecule has 0 radical (unpaired) electrons. The van der Waals surface area contributed by atoms with E-state index in [2.05, 4.69) is 67.6 Å². The number of aliphatic hydroxyl groups is 2. The summed E-state index contributed by atoms with van der Waals surface area (Å²) < 4.78 is 10.3. The number of hydrogen-bond acceptors (Lipinski definition) is 9. The Morgan fingerprint density at radius 1 is 1.07 bits per heavy atom. The van der Waals surface area contributed by atoms with Gasteiger partial charge in [-0.25, -0.2) is 9.98 Å². The van der Waals surface area contributed by atoms with Crippen LogP contribution in [0.2, 0.25) is 0 Å². The van der Waals surface area contributed by atoms with Gasteiger partial charge in [-0.2, -0.15) is 5.10 Å². The van der Waals surface area contributed by atoms with Crippen LogP contribution in [0.3, 0.4) is 0 Å². The Balaban J connectivity index is 1.04. The number of nitrogens with one attached hydrogen (secondary N) is 3. The average Bonchev–Trinajstić information content (AvgIpc) is 3.93. The van der Waals surface area contributed by atoms with Gasteiger partial charge < -0.3 is 35.8 Å². The molecule has 2 bridgehead atoms. The molecule has 60 heavy (non-hydrogen) atoms. The molecule has 0 amide bonds. The minimum atomic E-state index is -0.812. The number of ether oxygens (including phenoxy) is 1. The predicted octanol–water partition coefficient (Wildman–Crippen LogP) is 8.14. The van der Waals surface area contributed by atoms with E-state index in [9.17, 15) is 15.6 Å². The molecule has 5 heterocycles. The second-order valence-corrected chi connectivity index (χ2v) is 20.9. The van der Waals surface area contributed by atoms with Crippen molar-refractivity contribution in [3.05, 3.63) is 82.0 Å². The number of aromatic nitrogens is 3. The summed E-state index contributed by atoms with van der Waals surface area (Å²) in [6.07, 6.45) is 16.4. The lowest BCUT2D eigenvalue weighted by Gasteiger charge is -2.62. The van der Waals surface area contributed by atoms with Gasteiger partial charge in [0.1, 0.15) is 29.7 Å². The highest BCUT2D eigenvalue weighted by Gasteiger charge is 2.59. The van der Waals surface area contributed by atoms with Crippen molar-refractivity contribution in [1.29, 1.82) is 5.41 Å². The highest BCUT2D eigenvalue weighted by molar-refractivity contribution is 7.22. The summed E-state index contributed by atoms with van der Waals surface area (Å²) in [7, 11) is 0. The summed E-state index contributed by atoms with van der Waals surface area (Å²) in [6.45, 7) is 21.6. The zero-order valence-corrected chi connectivity index (χ0v) is 37.6. The van der Waals surface area contributed by atoms with Crippen molar-refractivity contribution in [3.8, 4) is 0 Å². The van der Waals surface area contributed by atoms with Gasteiger partial charge in [0.2, 0.25) is 5.13 Å². The Kier molecular flexibility index (Phi) is 11.3. The molecular weight excluding hydrogens is 771 g/mol. The summed E-state index contributed by atoms with van der Waals surface area (Å²) in [5, 5.41) is 39.7. The fraction of sp³-hybridized carbons (Fsp3) is 0.574. The molecular formula is C47H66N9O3S+. The van der Waals surface area contributed by atoms with Gasteiger partial charge in [0.25, 0.3) is 5.95 Å². The minimum Gasteiger partial charge on any atom is -0.480 e. The van der Waals surface area contributed by atoms with E-state index >= 15 is 0 Å². The Morgan fingerprint density at radius 3 is 2.60 bits per heavy atom. The van der Waals surface area contributed by atoms with Crippen LogP contribution in [0.4, 0.5) is 5.13 Å². The van der Waals surface area contributed by atoms with Crippen molar-refractivity contribution in [2.24, 2.45) is 27.0 Å². The van der Waals surface area contributed by atoms with Crippen molar-refractivity contribution < 1.29 is 19.8 Å². The number of rotatable bonds is 11. The third-order valence-electron chi connectivity index (χ3n) is 14.2. The van der Waals surface area contributed by atoms with Crippen molar-refractivity contribution >= 4 is 43.9 Å². The van der Waals surface area contributed by atoms with Crippen LogP contribution < -0.4 is 16.0 Å². The van der Waals surface area contributed by atoms with Crippen LogP contribution in [-0.2, 0) is 11.3 Å². The zero-order chi connectivity index (χ0) is 42.6. The molecule has 2 saturated carbocycles. The maximum absolute atomic E-state index is 10.7. The van der Waals surface area contributed by atoms with E-state index in [0.29, 0.717) is 41.2 Å². The quantitative estimate of drug-likeness (QED) is 0.0641. The Bertz CT molecular complexity index is 2320. The van der Waals surface area contributed by atoms with Gasteiger partial charge in [-0.3, -0.25) is 10.1 Å². The van der Waals surface area contributed by atoms with Gasteiger partial charge >= 0.3 is 0 Å². The number of amidine groups is 2. The fourth-order valence-electron chi connectivity index (χ4n) is 11.9. The number of aliphatic imine (C=N–C) groups is 1. The number of dihydropyridines is 1. The molecule has 2 aromatic heterocycles. The second-order valence-electron chi connectivity index (χ2n) is 19.9. The third-order valence-corrected chi connectivity index (χ3v) is 15.1. The van der Waals surface area contributed by atoms with Crippen molar-refractivity contribution in [2.75, 3.05) is 32.8 Å². The largest absolute Gasteiger partial charge is 0.480 e. The van der Waals surface area contributed by atoms with Gasteiger partial charge in [-0.15, -0.1) is 0 Å². The first kappa shape index (κ1) is 42.2. The van der Waals surface area contributed by atoms with Gasteiger partial charge in [0, 0.05) is 48.3 Å². The lowest BCUT2D eigenvalue weighted by molar-refractivity contribution is -0.888. The molecule has 4 fully saturated rings. The molecule has 322 valence electrons. The molecule has 3 unspecified atom stereocenters. The van der Waals surface area contributed by atoms with Crippen LogP contribution in [0, 0.1) is 35.5 Å². The number of likely N-dealkylation sites (tertiary alicyclic amines) is 2. The first-order valence-electron chi connectivity index (χ1n) is 22.1. The SMILES string of the molecule is CCC1(C)CC2(Cn3ncc(C4=CC=C(N5CCC/C(=C(C)/C(N)=N\c6nc7ccc(C)cc7s6)C5=N)NC4=C(O)O)c3C)CC(C)(C)CC(OCC[NH+]3CCCC3)(C1)C2. The summed E-state index contributed by atoms with van der Waals surface area (Å²) in [5.41, 5.74) is 13.0. The maximum atomic E-state index is 10.7. The molecule has 1 aromatic carbocycles. The third kappa shape index (κ3) is 8.41. The van der Waals surface area contributed by atoms with Crippen molar-refractivity contribution in [2.45, 2.75) is 125 Å². The summed E-state index contributed by atoms with van der Waals surface area (Å²) in [6, 6.07) is 6.13. The number of aliphatic hydroxyl groups excluding tert-OH is 1. The average molecular weight is 837 g/mol. The number of piperidine rings is 1. The first-order chi connectivity index (χ1) is 28.5. The molecule has 2 saturated heterocycles. The molecule has 2 aliphatic carbocycles. The van der Waals surface area contributed by atoms with E-state index in [1.54, 1.807) is 4.90 Å². The maximum Gasteiger partial charge on any atom is 0.299 e. The molecule has 13 heteroatoms. The molecule has 7 N–H and O–H groups in total. The number of fused-ring (bicyclic) bond motifs is 3. The minimum absolute atomic E-state index is 0.0168. The number of benzene rings is 1. The second kappa shape index (κ2) is 16.1. The van der Waals surface area contributed by atoms with Gasteiger partial charge in [-0.1, -0.05) is 51.5 Å². The summed E-state index contributed by atoms with van der Waals surface area (Å²) in [4.78, 5) is 12.9. The molecule has 0 spiro atoms. The van der Waals surface area contributed by atoms with E-state index in [-0.39, 0.29) is 27.5 Å². The Morgan fingerprint density at radius 2 is 1.85 bits per heavy atom. The topological polar surface area (TPSA) is 162 Å². The van der Waals surface area contributed by atoms with Crippen LogP contribution in [-0.4, -0.2) is 79.9 Å². The van der Waals surface area contributed by atoms with E-state index in [0.717, 1.165) is 103 Å². The number of quaternary nitrogens is 1. The monoisotopic (exact) mass is 837 g/mol. The summed E-state index contributed by atoms with van der Waals surface area (Å²) in [5.74, 6) is 0.403. The molecule has 3 aromatic rings. The molecule has 12 nitrogen and oxygen atoms in total. The summed E-state index contributed by atoms with van der Waals surface area (Å²) >= 11 is 1.49. The smallest absolute Gasteiger partial charge is 0.299 e. The number of hydrogen-bond donors (Lipinski definition) is 6. The highest BCUT2D eigenvalue weighted by atomic mass is 32.1. The van der Waals surface area contributed by atoms with Gasteiger partial charge in [-0.05, 0) is 117 Å². The molecule has 3 aliphatic heterocycles. The van der Waals surface area contributed by atoms with Crippen molar-refractivity contribution in [3.63, 3.8) is 0 Å². The van der Waals surface area contributed by atoms with E-state index in [1.807, 2.05) is 42.3 Å². The number of thiazole rings is 1. The van der Waals surface area contributed by atoms with Crippen LogP contribution in [0.5, 0.6) is 0 Å². The molecule has 3 atom stereocenters. The first-order valence-corrected chi connectivity index (χ1v) is 22.9. The number of nitrogens with two attached hydrogens (primary N) is 1. The van der Waals surface area contributed by atoms with Crippen LogP contribution in [0.25, 0.3) is 15.8 Å². The number of allylic oxidation sites excluding steroid dienone is 3. The van der Waals surface area contributed by atoms with Crippen LogP contribution in [0.15, 0.2) is 70.1 Å². The Labute approximate surface area is 359 Å². The number of nitrogens with zero attached hydrogens (tertiary/aromatic N) is 5. The predicted molar refractivity (Wildman–Crippen MR) is 242 cm³/mol. The normalized spacial score (nSPS) is 28.2. The highest BCUT2D eigenvalue weighted by Crippen LogP contribution is 2.64. The van der Waals surface area contributed by atoms with E-state index < -0.39 is 5.95 Å². The lowest BCUT2D eigenvalue weighted by Crippen LogP contribution is -3.10. The zero-order valence-electron chi connectivity index (χ0n) is 36.8. The molecule has 5 aliphatic rings. The standard InChI is InChI=1S/C47H65N9O3S/c1-8-45(7)26-46(24-44(5,6)25-47(27-45,28-46)59-21-20-54-17-9-10-18-54)29-56-32(4)35(23-50-56)34-14-16-38(52-39(34)42(57)58)55-19-11-12-33(41(55)49)31(3)40(48)53-43-51-36-15-13-30(2)22-37(36)60-43/h13-16,22-23,49,52,57-58H,8-12,17-21,24-29H2,1-7H3,(H2,48,51,53)/p+1/b33-31-,49-41?. The molecule has 8 rings (SSSR count). The van der Waals surface area contributed by atoms with Crippen molar-refractivity contribution in [1.82, 2.24) is 25.0 Å². The fourth-order valence-corrected chi connectivity index (χ4v) is 12.9. The van der Waals surface area contributed by atoms with Crippen LogP contribution in [0.1, 0.15) is 116 Å².